The van der Waals surface area contributed by atoms with Crippen molar-refractivity contribution in [2.75, 3.05) is 19.8 Å². The highest BCUT2D eigenvalue weighted by Crippen LogP contribution is 2.60. The Morgan fingerprint density at radius 1 is 1.00 bits per heavy atom. The molecular formula is C15H26O3. The Morgan fingerprint density at radius 2 is 1.72 bits per heavy atom. The van der Waals surface area contributed by atoms with Crippen LogP contribution in [0.25, 0.3) is 0 Å². The first-order chi connectivity index (χ1) is 8.56. The Labute approximate surface area is 110 Å². The quantitative estimate of drug-likeness (QED) is 0.719. The lowest BCUT2D eigenvalue weighted by atomic mass is 9.55. The van der Waals surface area contributed by atoms with Gasteiger partial charge in [-0.15, -0.1) is 0 Å². The molecular weight excluding hydrogens is 228 g/mol. The molecule has 0 aromatic rings. The number of ether oxygens (including phenoxy) is 3. The molecule has 0 aromatic heterocycles. The molecule has 1 saturated carbocycles. The molecule has 2 aliphatic heterocycles. The van der Waals surface area contributed by atoms with E-state index >= 15 is 0 Å². The van der Waals surface area contributed by atoms with Crippen LogP contribution in [0, 0.1) is 10.8 Å². The minimum absolute atomic E-state index is 0.0574. The smallest absolute Gasteiger partial charge is 0.176 e. The van der Waals surface area contributed by atoms with E-state index in [-0.39, 0.29) is 11.5 Å². The van der Waals surface area contributed by atoms with Gasteiger partial charge in [-0.3, -0.25) is 0 Å². The van der Waals surface area contributed by atoms with Crippen LogP contribution in [0.4, 0.5) is 0 Å². The van der Waals surface area contributed by atoms with E-state index in [1.54, 1.807) is 0 Å². The van der Waals surface area contributed by atoms with E-state index in [2.05, 4.69) is 20.8 Å². The molecule has 3 heteroatoms. The molecule has 104 valence electrons. The van der Waals surface area contributed by atoms with Crippen LogP contribution >= 0.6 is 0 Å². The van der Waals surface area contributed by atoms with Crippen LogP contribution in [0.3, 0.4) is 0 Å². The van der Waals surface area contributed by atoms with Gasteiger partial charge in [0.2, 0.25) is 0 Å². The van der Waals surface area contributed by atoms with Crippen molar-refractivity contribution in [3.8, 4) is 0 Å². The van der Waals surface area contributed by atoms with Gasteiger partial charge in [-0.1, -0.05) is 20.8 Å². The number of hydrogen-bond donors (Lipinski definition) is 0. The van der Waals surface area contributed by atoms with Gasteiger partial charge < -0.3 is 14.2 Å². The summed E-state index contributed by atoms with van der Waals surface area (Å²) >= 11 is 0. The molecule has 0 aromatic carbocycles. The monoisotopic (exact) mass is 254 g/mol. The second-order valence-electron chi connectivity index (χ2n) is 6.74. The molecule has 0 amide bonds. The highest BCUT2D eigenvalue weighted by molar-refractivity contribution is 5.08. The van der Waals surface area contributed by atoms with E-state index in [4.69, 9.17) is 14.2 Å². The largest absolute Gasteiger partial charge is 0.377 e. The zero-order valence-electron chi connectivity index (χ0n) is 12.0. The van der Waals surface area contributed by atoms with E-state index in [0.717, 1.165) is 26.2 Å². The van der Waals surface area contributed by atoms with Gasteiger partial charge in [0.15, 0.2) is 5.79 Å². The summed E-state index contributed by atoms with van der Waals surface area (Å²) in [7, 11) is 0. The number of fused-ring (bicyclic) bond motifs is 1. The molecule has 3 nitrogen and oxygen atoms in total. The first kappa shape index (κ1) is 12.9. The molecule has 2 atom stereocenters. The molecule has 3 fully saturated rings. The minimum Gasteiger partial charge on any atom is -0.377 e. The molecule has 2 unspecified atom stereocenters. The van der Waals surface area contributed by atoms with Crippen LogP contribution in [-0.4, -0.2) is 31.7 Å². The minimum atomic E-state index is -0.395. The van der Waals surface area contributed by atoms with Crippen LogP contribution < -0.4 is 0 Å². The fraction of sp³-hybridized carbons (Fsp3) is 1.00. The average molecular weight is 254 g/mol. The summed E-state index contributed by atoms with van der Waals surface area (Å²) in [6, 6.07) is 0. The first-order valence-corrected chi connectivity index (χ1v) is 7.46. The van der Waals surface area contributed by atoms with Gasteiger partial charge in [-0.2, -0.15) is 0 Å². The second-order valence-corrected chi connectivity index (χ2v) is 6.74. The maximum Gasteiger partial charge on any atom is 0.176 e. The van der Waals surface area contributed by atoms with Crippen molar-refractivity contribution in [3.05, 3.63) is 0 Å². The SMILES string of the molecule is CCC12CCCOC1C(C)(C)C1(CC2)OCCO1. The maximum atomic E-state index is 6.22. The third kappa shape index (κ3) is 1.53. The summed E-state index contributed by atoms with van der Waals surface area (Å²) in [6.45, 7) is 9.22. The third-order valence-electron chi connectivity index (χ3n) is 5.71. The fourth-order valence-electron chi connectivity index (χ4n) is 4.61. The zero-order valence-corrected chi connectivity index (χ0v) is 12.0. The first-order valence-electron chi connectivity index (χ1n) is 7.46. The Balaban J connectivity index is 1.95. The van der Waals surface area contributed by atoms with Gasteiger partial charge in [0, 0.05) is 18.4 Å². The third-order valence-corrected chi connectivity index (χ3v) is 5.71. The molecule has 18 heavy (non-hydrogen) atoms. The molecule has 3 rings (SSSR count). The van der Waals surface area contributed by atoms with E-state index < -0.39 is 5.79 Å². The fourth-order valence-corrected chi connectivity index (χ4v) is 4.61. The highest BCUT2D eigenvalue weighted by Gasteiger charge is 2.64. The van der Waals surface area contributed by atoms with Crippen LogP contribution in [0.15, 0.2) is 0 Å². The van der Waals surface area contributed by atoms with E-state index in [1.807, 2.05) is 0 Å². The molecule has 0 radical (unpaired) electrons. The molecule has 1 aliphatic carbocycles. The Kier molecular flexibility index (Phi) is 3.00. The topological polar surface area (TPSA) is 27.7 Å². The normalized spacial score (nSPS) is 41.8. The lowest BCUT2D eigenvalue weighted by Crippen LogP contribution is -2.64. The molecule has 0 N–H and O–H groups in total. The van der Waals surface area contributed by atoms with Gasteiger partial charge in [-0.25, -0.2) is 0 Å². The van der Waals surface area contributed by atoms with Crippen molar-refractivity contribution in [2.45, 2.75) is 64.8 Å². The van der Waals surface area contributed by atoms with Crippen LogP contribution in [0.1, 0.15) is 52.9 Å². The van der Waals surface area contributed by atoms with Crippen LogP contribution in [0.5, 0.6) is 0 Å². The number of rotatable bonds is 1. The van der Waals surface area contributed by atoms with Gasteiger partial charge in [0.1, 0.15) is 0 Å². The molecule has 1 spiro atoms. The van der Waals surface area contributed by atoms with Crippen molar-refractivity contribution >= 4 is 0 Å². The Bertz CT molecular complexity index is 320. The molecule has 2 saturated heterocycles. The van der Waals surface area contributed by atoms with Crippen LogP contribution in [0.2, 0.25) is 0 Å². The van der Waals surface area contributed by atoms with Crippen molar-refractivity contribution in [1.29, 1.82) is 0 Å². The van der Waals surface area contributed by atoms with E-state index in [9.17, 15) is 0 Å². The average Bonchev–Trinajstić information content (AvgIpc) is 2.86. The maximum absolute atomic E-state index is 6.22. The molecule has 2 heterocycles. The predicted octanol–water partition coefficient (Wildman–Crippen LogP) is 3.12. The summed E-state index contributed by atoms with van der Waals surface area (Å²) < 4.78 is 18.3. The van der Waals surface area contributed by atoms with Crippen molar-refractivity contribution < 1.29 is 14.2 Å². The van der Waals surface area contributed by atoms with Gasteiger partial charge in [0.25, 0.3) is 0 Å². The van der Waals surface area contributed by atoms with Crippen LogP contribution in [-0.2, 0) is 14.2 Å². The summed E-state index contributed by atoms with van der Waals surface area (Å²) in [5.41, 5.74) is 0.292. The second kappa shape index (κ2) is 4.19. The summed E-state index contributed by atoms with van der Waals surface area (Å²) in [4.78, 5) is 0. The van der Waals surface area contributed by atoms with Crippen molar-refractivity contribution in [1.82, 2.24) is 0 Å². The van der Waals surface area contributed by atoms with Gasteiger partial charge >= 0.3 is 0 Å². The van der Waals surface area contributed by atoms with E-state index in [0.29, 0.717) is 5.41 Å². The van der Waals surface area contributed by atoms with Gasteiger partial charge in [0.05, 0.1) is 19.3 Å². The predicted molar refractivity (Wildman–Crippen MR) is 69.3 cm³/mol. The standard InChI is InChI=1S/C15H26O3/c1-4-14-6-5-9-16-12(14)13(2,3)15(8-7-14)17-10-11-18-15/h12H,4-11H2,1-3H3. The Morgan fingerprint density at radius 3 is 2.39 bits per heavy atom. The van der Waals surface area contributed by atoms with Crippen molar-refractivity contribution in [2.24, 2.45) is 10.8 Å². The number of hydrogen-bond acceptors (Lipinski definition) is 3. The van der Waals surface area contributed by atoms with E-state index in [1.165, 1.54) is 25.7 Å². The van der Waals surface area contributed by atoms with Crippen molar-refractivity contribution in [3.63, 3.8) is 0 Å². The molecule has 0 bridgehead atoms. The van der Waals surface area contributed by atoms with Gasteiger partial charge in [-0.05, 0) is 31.1 Å². The zero-order chi connectivity index (χ0) is 12.9. The highest BCUT2D eigenvalue weighted by atomic mass is 16.7. The summed E-state index contributed by atoms with van der Waals surface area (Å²) in [5.74, 6) is -0.395. The summed E-state index contributed by atoms with van der Waals surface area (Å²) in [6.07, 6.45) is 6.18. The lowest BCUT2D eigenvalue weighted by molar-refractivity contribution is -0.315. The lowest BCUT2D eigenvalue weighted by Gasteiger charge is -2.60. The summed E-state index contributed by atoms with van der Waals surface area (Å²) in [5, 5.41) is 0. The molecule has 3 aliphatic rings. The Hall–Kier alpha value is -0.120.